The molecule has 0 aliphatic heterocycles. The summed E-state index contributed by atoms with van der Waals surface area (Å²) in [5.41, 5.74) is 0.690. The zero-order valence-electron chi connectivity index (χ0n) is 9.18. The molecule has 0 saturated heterocycles. The molecule has 4 heteroatoms. The van der Waals surface area contributed by atoms with Crippen LogP contribution in [0.15, 0.2) is 41.3 Å². The molecule has 1 aromatic carbocycles. The molecule has 0 fully saturated rings. The Bertz CT molecular complexity index is 579. The quantitative estimate of drug-likeness (QED) is 0.712. The molecule has 0 unspecified atom stereocenters. The number of hydrogen-bond acceptors (Lipinski definition) is 2. The first kappa shape index (κ1) is 10.4. The van der Waals surface area contributed by atoms with Crippen molar-refractivity contribution in [2.24, 2.45) is 7.05 Å². The first-order chi connectivity index (χ1) is 7.61. The summed E-state index contributed by atoms with van der Waals surface area (Å²) < 4.78 is 3.09. The maximum absolute atomic E-state index is 12.0. The van der Waals surface area contributed by atoms with Gasteiger partial charge in [-0.15, -0.1) is 0 Å². The SMILES string of the molecule is CC(=O)c1cn(C)n(-c2ccccc2)c1=O. The molecule has 0 spiro atoms. The van der Waals surface area contributed by atoms with E-state index < -0.39 is 0 Å². The molecule has 1 aromatic heterocycles. The highest BCUT2D eigenvalue weighted by Gasteiger charge is 2.13. The molecule has 0 aliphatic rings. The lowest BCUT2D eigenvalue weighted by Gasteiger charge is -2.05. The van der Waals surface area contributed by atoms with Gasteiger partial charge in [-0.05, 0) is 19.1 Å². The molecule has 0 N–H and O–H groups in total. The van der Waals surface area contributed by atoms with E-state index in [0.29, 0.717) is 0 Å². The van der Waals surface area contributed by atoms with Crippen LogP contribution in [0.25, 0.3) is 5.69 Å². The number of Topliss-reactive ketones (excluding diaryl/α,β-unsaturated/α-hetero) is 1. The van der Waals surface area contributed by atoms with E-state index in [1.807, 2.05) is 30.3 Å². The summed E-state index contributed by atoms with van der Waals surface area (Å²) in [6.45, 7) is 1.39. The molecule has 2 aromatic rings. The zero-order chi connectivity index (χ0) is 11.7. The molecule has 0 atom stereocenters. The van der Waals surface area contributed by atoms with E-state index in [2.05, 4.69) is 0 Å². The number of ketones is 1. The lowest BCUT2D eigenvalue weighted by atomic mass is 10.2. The Kier molecular flexibility index (Phi) is 2.48. The predicted octanol–water partition coefficient (Wildman–Crippen LogP) is 1.38. The fourth-order valence-electron chi connectivity index (χ4n) is 1.67. The third-order valence-corrected chi connectivity index (χ3v) is 2.43. The Balaban J connectivity index is 2.68. The summed E-state index contributed by atoms with van der Waals surface area (Å²) in [4.78, 5) is 23.2. The van der Waals surface area contributed by atoms with Gasteiger partial charge in [0.1, 0.15) is 5.56 Å². The van der Waals surface area contributed by atoms with Gasteiger partial charge in [-0.2, -0.15) is 0 Å². The maximum atomic E-state index is 12.0. The van der Waals surface area contributed by atoms with Crippen LogP contribution in [0.1, 0.15) is 17.3 Å². The second kappa shape index (κ2) is 3.81. The van der Waals surface area contributed by atoms with Crippen LogP contribution in [-0.4, -0.2) is 15.1 Å². The monoisotopic (exact) mass is 216 g/mol. The average Bonchev–Trinajstić information content (AvgIpc) is 2.56. The van der Waals surface area contributed by atoms with E-state index in [1.165, 1.54) is 11.6 Å². The van der Waals surface area contributed by atoms with Crippen molar-refractivity contribution in [3.8, 4) is 5.69 Å². The van der Waals surface area contributed by atoms with E-state index >= 15 is 0 Å². The Morgan fingerprint density at radius 3 is 2.31 bits per heavy atom. The van der Waals surface area contributed by atoms with Crippen molar-refractivity contribution in [3.63, 3.8) is 0 Å². The van der Waals surface area contributed by atoms with Gasteiger partial charge in [0.2, 0.25) is 0 Å². The molecule has 16 heavy (non-hydrogen) atoms. The summed E-state index contributed by atoms with van der Waals surface area (Å²) in [6.07, 6.45) is 1.55. The van der Waals surface area contributed by atoms with Crippen molar-refractivity contribution in [1.82, 2.24) is 9.36 Å². The molecule has 4 nitrogen and oxygen atoms in total. The number of nitrogens with zero attached hydrogens (tertiary/aromatic N) is 2. The van der Waals surface area contributed by atoms with Crippen LogP contribution in [0.4, 0.5) is 0 Å². The highest BCUT2D eigenvalue weighted by atomic mass is 16.2. The van der Waals surface area contributed by atoms with Crippen molar-refractivity contribution in [1.29, 1.82) is 0 Å². The Labute approximate surface area is 92.7 Å². The maximum Gasteiger partial charge on any atom is 0.282 e. The number of carbonyl (C=O) groups excluding carboxylic acids is 1. The van der Waals surface area contributed by atoms with Crippen molar-refractivity contribution < 1.29 is 4.79 Å². The van der Waals surface area contributed by atoms with E-state index in [0.717, 1.165) is 5.69 Å². The molecular formula is C12H12N2O2. The number of carbonyl (C=O) groups is 1. The minimum Gasteiger partial charge on any atom is -0.294 e. The molecule has 0 saturated carbocycles. The summed E-state index contributed by atoms with van der Waals surface area (Å²) in [6, 6.07) is 9.23. The molecule has 1 heterocycles. The van der Waals surface area contributed by atoms with Crippen LogP contribution < -0.4 is 5.56 Å². The van der Waals surface area contributed by atoms with Gasteiger partial charge in [0.05, 0.1) is 5.69 Å². The van der Waals surface area contributed by atoms with E-state index in [9.17, 15) is 9.59 Å². The van der Waals surface area contributed by atoms with Crippen LogP contribution in [0, 0.1) is 0 Å². The largest absolute Gasteiger partial charge is 0.294 e. The fourth-order valence-corrected chi connectivity index (χ4v) is 1.67. The fraction of sp³-hybridized carbons (Fsp3) is 0.167. The van der Waals surface area contributed by atoms with Gasteiger partial charge in [-0.3, -0.25) is 14.3 Å². The van der Waals surface area contributed by atoms with E-state index in [-0.39, 0.29) is 16.9 Å². The van der Waals surface area contributed by atoms with Gasteiger partial charge in [-0.25, -0.2) is 4.68 Å². The molecule has 0 bridgehead atoms. The van der Waals surface area contributed by atoms with Crippen molar-refractivity contribution in [2.45, 2.75) is 6.92 Å². The summed E-state index contributed by atoms with van der Waals surface area (Å²) in [7, 11) is 1.74. The predicted molar refractivity (Wildman–Crippen MR) is 61.0 cm³/mol. The number of rotatable bonds is 2. The molecule has 0 radical (unpaired) electrons. The minimum absolute atomic E-state index is 0.213. The molecular weight excluding hydrogens is 204 g/mol. The summed E-state index contributed by atoms with van der Waals surface area (Å²) >= 11 is 0. The smallest absolute Gasteiger partial charge is 0.282 e. The second-order valence-corrected chi connectivity index (χ2v) is 3.63. The molecule has 0 aliphatic carbocycles. The lowest BCUT2D eigenvalue weighted by Crippen LogP contribution is -2.21. The van der Waals surface area contributed by atoms with Gasteiger partial charge in [0, 0.05) is 13.2 Å². The zero-order valence-corrected chi connectivity index (χ0v) is 9.18. The van der Waals surface area contributed by atoms with E-state index in [1.54, 1.807) is 17.9 Å². The van der Waals surface area contributed by atoms with Gasteiger partial charge in [-0.1, -0.05) is 18.2 Å². The van der Waals surface area contributed by atoms with E-state index in [4.69, 9.17) is 0 Å². The van der Waals surface area contributed by atoms with Gasteiger partial charge < -0.3 is 0 Å². The van der Waals surface area contributed by atoms with Crippen LogP contribution >= 0.6 is 0 Å². The Hall–Kier alpha value is -2.10. The van der Waals surface area contributed by atoms with Crippen LogP contribution in [-0.2, 0) is 7.05 Å². The molecule has 2 rings (SSSR count). The normalized spacial score (nSPS) is 10.4. The third kappa shape index (κ3) is 1.58. The van der Waals surface area contributed by atoms with Gasteiger partial charge >= 0.3 is 0 Å². The number of benzene rings is 1. The van der Waals surface area contributed by atoms with Gasteiger partial charge in [0.25, 0.3) is 5.56 Å². The van der Waals surface area contributed by atoms with Crippen molar-refractivity contribution >= 4 is 5.78 Å². The highest BCUT2D eigenvalue weighted by molar-refractivity contribution is 5.93. The second-order valence-electron chi connectivity index (χ2n) is 3.63. The molecule has 82 valence electrons. The number of aryl methyl sites for hydroxylation is 1. The number of para-hydroxylation sites is 1. The average molecular weight is 216 g/mol. The van der Waals surface area contributed by atoms with Crippen LogP contribution in [0.3, 0.4) is 0 Å². The first-order valence-electron chi connectivity index (χ1n) is 4.96. The number of hydrogen-bond donors (Lipinski definition) is 0. The van der Waals surface area contributed by atoms with Crippen LogP contribution in [0.5, 0.6) is 0 Å². The van der Waals surface area contributed by atoms with Gasteiger partial charge in [0.15, 0.2) is 5.78 Å². The van der Waals surface area contributed by atoms with Crippen molar-refractivity contribution in [2.75, 3.05) is 0 Å². The first-order valence-corrected chi connectivity index (χ1v) is 4.96. The topological polar surface area (TPSA) is 44.0 Å². The standard InChI is InChI=1S/C12H12N2O2/c1-9(15)11-8-13(2)14(12(11)16)10-6-4-3-5-7-10/h3-8H,1-2H3. The summed E-state index contributed by atoms with van der Waals surface area (Å²) in [5, 5.41) is 0. The number of aromatic nitrogens is 2. The minimum atomic E-state index is -0.277. The summed E-state index contributed by atoms with van der Waals surface area (Å²) in [5.74, 6) is -0.213. The third-order valence-electron chi connectivity index (χ3n) is 2.43. The Morgan fingerprint density at radius 2 is 1.81 bits per heavy atom. The van der Waals surface area contributed by atoms with Crippen molar-refractivity contribution in [3.05, 3.63) is 52.4 Å². The highest BCUT2D eigenvalue weighted by Crippen LogP contribution is 2.05. The lowest BCUT2D eigenvalue weighted by molar-refractivity contribution is 0.101. The molecule has 0 amide bonds. The Morgan fingerprint density at radius 1 is 1.19 bits per heavy atom. The van der Waals surface area contributed by atoms with Crippen LogP contribution in [0.2, 0.25) is 0 Å².